The molecule has 1 fully saturated rings. The Kier molecular flexibility index (Phi) is 7.23. The van der Waals surface area contributed by atoms with Crippen molar-refractivity contribution in [2.24, 2.45) is 5.92 Å². The SMILES string of the molecule is O=C1CN(Cc2ccc(F)cc2)CCC1CCOC(c1ccccc1)c1ccccc1. The molecule has 3 nitrogen and oxygen atoms in total. The number of piperidine rings is 1. The molecule has 1 aliphatic heterocycles. The van der Waals surface area contributed by atoms with Crippen LogP contribution in [0.4, 0.5) is 4.39 Å². The smallest absolute Gasteiger partial charge is 0.150 e. The van der Waals surface area contributed by atoms with Crippen LogP contribution in [-0.2, 0) is 16.1 Å². The van der Waals surface area contributed by atoms with Crippen molar-refractivity contribution in [3.63, 3.8) is 0 Å². The van der Waals surface area contributed by atoms with E-state index in [9.17, 15) is 9.18 Å². The molecular formula is C27H28FNO2. The highest BCUT2D eigenvalue weighted by Crippen LogP contribution is 2.27. The fourth-order valence-electron chi connectivity index (χ4n) is 4.18. The van der Waals surface area contributed by atoms with Gasteiger partial charge in [-0.2, -0.15) is 0 Å². The molecule has 0 N–H and O–H groups in total. The van der Waals surface area contributed by atoms with Crippen LogP contribution in [0, 0.1) is 11.7 Å². The zero-order chi connectivity index (χ0) is 21.5. The molecule has 31 heavy (non-hydrogen) atoms. The third-order valence-electron chi connectivity index (χ3n) is 5.90. The maximum absolute atomic E-state index is 13.1. The number of hydrogen-bond acceptors (Lipinski definition) is 3. The fourth-order valence-corrected chi connectivity index (χ4v) is 4.18. The summed E-state index contributed by atoms with van der Waals surface area (Å²) in [5.74, 6) is 0.0763. The van der Waals surface area contributed by atoms with Crippen LogP contribution in [0.5, 0.6) is 0 Å². The van der Waals surface area contributed by atoms with Crippen molar-refractivity contribution in [2.45, 2.75) is 25.5 Å². The van der Waals surface area contributed by atoms with Gasteiger partial charge in [0.15, 0.2) is 0 Å². The number of nitrogens with zero attached hydrogens (tertiary/aromatic N) is 1. The van der Waals surface area contributed by atoms with Gasteiger partial charge in [-0.25, -0.2) is 4.39 Å². The number of carbonyl (C=O) groups excluding carboxylic acids is 1. The molecule has 1 saturated heterocycles. The predicted molar refractivity (Wildman–Crippen MR) is 120 cm³/mol. The molecule has 4 heteroatoms. The summed E-state index contributed by atoms with van der Waals surface area (Å²) in [5.41, 5.74) is 3.27. The zero-order valence-electron chi connectivity index (χ0n) is 17.6. The predicted octanol–water partition coefficient (Wildman–Crippen LogP) is 5.41. The molecule has 0 aliphatic carbocycles. The first-order chi connectivity index (χ1) is 15.2. The van der Waals surface area contributed by atoms with E-state index in [0.29, 0.717) is 19.7 Å². The number of ether oxygens (including phenoxy) is 1. The number of halogens is 1. The summed E-state index contributed by atoms with van der Waals surface area (Å²) in [4.78, 5) is 14.9. The topological polar surface area (TPSA) is 29.5 Å². The van der Waals surface area contributed by atoms with E-state index >= 15 is 0 Å². The molecule has 1 atom stereocenters. The number of benzene rings is 3. The maximum Gasteiger partial charge on any atom is 0.150 e. The van der Waals surface area contributed by atoms with Crippen LogP contribution in [0.1, 0.15) is 35.6 Å². The number of Topliss-reactive ketones (excluding diaryl/α,β-unsaturated/α-hetero) is 1. The summed E-state index contributed by atoms with van der Waals surface area (Å²) in [6, 6.07) is 26.9. The van der Waals surface area contributed by atoms with Gasteiger partial charge >= 0.3 is 0 Å². The van der Waals surface area contributed by atoms with Crippen LogP contribution in [-0.4, -0.2) is 30.4 Å². The zero-order valence-corrected chi connectivity index (χ0v) is 17.6. The second-order valence-corrected chi connectivity index (χ2v) is 8.15. The van der Waals surface area contributed by atoms with Crippen molar-refractivity contribution in [3.05, 3.63) is 107 Å². The average molecular weight is 418 g/mol. The quantitative estimate of drug-likeness (QED) is 0.491. The number of carbonyl (C=O) groups is 1. The van der Waals surface area contributed by atoms with Gasteiger partial charge in [0.1, 0.15) is 17.7 Å². The Morgan fingerprint density at radius 2 is 1.52 bits per heavy atom. The van der Waals surface area contributed by atoms with Crippen LogP contribution < -0.4 is 0 Å². The largest absolute Gasteiger partial charge is 0.369 e. The molecule has 0 aromatic heterocycles. The molecule has 0 spiro atoms. The highest BCUT2D eigenvalue weighted by Gasteiger charge is 2.27. The monoisotopic (exact) mass is 417 g/mol. The van der Waals surface area contributed by atoms with Gasteiger partial charge in [-0.1, -0.05) is 72.8 Å². The van der Waals surface area contributed by atoms with Gasteiger partial charge in [-0.05, 0) is 48.2 Å². The lowest BCUT2D eigenvalue weighted by Crippen LogP contribution is -2.40. The molecule has 0 bridgehead atoms. The molecular weight excluding hydrogens is 389 g/mol. The molecule has 0 amide bonds. The standard InChI is InChI=1S/C27H28FNO2/c28-25-13-11-21(12-14-25)19-29-17-15-22(26(30)20-29)16-18-31-27(23-7-3-1-4-8-23)24-9-5-2-6-10-24/h1-14,22,27H,15-20H2. The normalized spacial score (nSPS) is 17.2. The van der Waals surface area contributed by atoms with Gasteiger partial charge in [0.25, 0.3) is 0 Å². The van der Waals surface area contributed by atoms with Crippen LogP contribution in [0.25, 0.3) is 0 Å². The Balaban J connectivity index is 1.30. The Bertz CT molecular complexity index is 920. The second-order valence-electron chi connectivity index (χ2n) is 8.15. The van der Waals surface area contributed by atoms with Crippen molar-refractivity contribution in [3.8, 4) is 0 Å². The van der Waals surface area contributed by atoms with E-state index < -0.39 is 0 Å². The van der Waals surface area contributed by atoms with E-state index in [2.05, 4.69) is 29.2 Å². The van der Waals surface area contributed by atoms with Crippen molar-refractivity contribution in [1.29, 1.82) is 0 Å². The van der Waals surface area contributed by atoms with E-state index in [1.807, 2.05) is 36.4 Å². The molecule has 1 unspecified atom stereocenters. The summed E-state index contributed by atoms with van der Waals surface area (Å²) in [5, 5.41) is 0. The van der Waals surface area contributed by atoms with Crippen LogP contribution in [0.3, 0.4) is 0 Å². The fraction of sp³-hybridized carbons (Fsp3) is 0.296. The summed E-state index contributed by atoms with van der Waals surface area (Å²) >= 11 is 0. The van der Waals surface area contributed by atoms with Gasteiger partial charge < -0.3 is 4.74 Å². The lowest BCUT2D eigenvalue weighted by Gasteiger charge is -2.31. The number of ketones is 1. The highest BCUT2D eigenvalue weighted by atomic mass is 19.1. The number of likely N-dealkylation sites (tertiary alicyclic amines) is 1. The van der Waals surface area contributed by atoms with Gasteiger partial charge in [0, 0.05) is 19.1 Å². The Morgan fingerprint density at radius 1 is 0.903 bits per heavy atom. The third kappa shape index (κ3) is 5.87. The molecule has 0 saturated carbocycles. The minimum atomic E-state index is -0.233. The maximum atomic E-state index is 13.1. The summed E-state index contributed by atoms with van der Waals surface area (Å²) in [7, 11) is 0. The third-order valence-corrected chi connectivity index (χ3v) is 5.90. The van der Waals surface area contributed by atoms with Gasteiger partial charge in [0.2, 0.25) is 0 Å². The summed E-state index contributed by atoms with van der Waals surface area (Å²) < 4.78 is 19.4. The first-order valence-corrected chi connectivity index (χ1v) is 10.9. The van der Waals surface area contributed by atoms with Gasteiger partial charge in [0.05, 0.1) is 6.54 Å². The van der Waals surface area contributed by atoms with E-state index in [1.54, 1.807) is 12.1 Å². The van der Waals surface area contributed by atoms with Gasteiger partial charge in [-0.15, -0.1) is 0 Å². The molecule has 0 radical (unpaired) electrons. The van der Waals surface area contributed by atoms with Crippen molar-refractivity contribution >= 4 is 5.78 Å². The molecule has 160 valence electrons. The van der Waals surface area contributed by atoms with Crippen LogP contribution in [0.15, 0.2) is 84.9 Å². The minimum Gasteiger partial charge on any atom is -0.369 e. The van der Waals surface area contributed by atoms with Gasteiger partial charge in [-0.3, -0.25) is 9.69 Å². The molecule has 1 aliphatic rings. The first kappa shape index (κ1) is 21.4. The molecule has 3 aromatic carbocycles. The van der Waals surface area contributed by atoms with Crippen LogP contribution >= 0.6 is 0 Å². The molecule has 1 heterocycles. The average Bonchev–Trinajstić information content (AvgIpc) is 2.81. The van der Waals surface area contributed by atoms with E-state index in [1.165, 1.54) is 12.1 Å². The summed E-state index contributed by atoms with van der Waals surface area (Å²) in [6.45, 7) is 2.54. The lowest BCUT2D eigenvalue weighted by atomic mass is 9.92. The van der Waals surface area contributed by atoms with E-state index in [-0.39, 0.29) is 23.6 Å². The summed E-state index contributed by atoms with van der Waals surface area (Å²) in [6.07, 6.45) is 1.44. The van der Waals surface area contributed by atoms with Crippen molar-refractivity contribution in [2.75, 3.05) is 19.7 Å². The minimum absolute atomic E-state index is 0.0386. The Hall–Kier alpha value is -2.82. The van der Waals surface area contributed by atoms with E-state index in [4.69, 9.17) is 4.74 Å². The highest BCUT2D eigenvalue weighted by molar-refractivity contribution is 5.83. The van der Waals surface area contributed by atoms with Crippen LogP contribution in [0.2, 0.25) is 0 Å². The Labute approximate surface area is 183 Å². The number of rotatable bonds is 8. The first-order valence-electron chi connectivity index (χ1n) is 10.9. The van der Waals surface area contributed by atoms with Crippen molar-refractivity contribution < 1.29 is 13.9 Å². The van der Waals surface area contributed by atoms with E-state index in [0.717, 1.165) is 36.1 Å². The van der Waals surface area contributed by atoms with Crippen molar-refractivity contribution in [1.82, 2.24) is 4.90 Å². The molecule has 4 rings (SSSR count). The second kappa shape index (κ2) is 10.5. The molecule has 3 aromatic rings. The lowest BCUT2D eigenvalue weighted by molar-refractivity contribution is -0.127. The number of hydrogen-bond donors (Lipinski definition) is 0. The Morgan fingerprint density at radius 3 is 2.10 bits per heavy atom.